The summed E-state index contributed by atoms with van der Waals surface area (Å²) in [6, 6.07) is 10.1. The Morgan fingerprint density at radius 3 is 2.38 bits per heavy atom. The molecule has 0 aliphatic carbocycles. The number of carbonyl (C=O) groups excluding carboxylic acids is 1. The van der Waals surface area contributed by atoms with Crippen LogP contribution in [0.15, 0.2) is 36.4 Å². The summed E-state index contributed by atoms with van der Waals surface area (Å²) in [5.41, 5.74) is 7.02. The van der Waals surface area contributed by atoms with Crippen LogP contribution in [0.5, 0.6) is 5.75 Å². The number of nitrogens with two attached hydrogens (primary N) is 1. The number of para-hydroxylation sites is 1. The standard InChI is InChI=1S/C15H13Cl2NO3/c1-20-15(19)13-9(4-2-7-12(13)18)8-21-14-10(16)5-3-6-11(14)17/h2-7H,8,18H2,1H3. The summed E-state index contributed by atoms with van der Waals surface area (Å²) in [5.74, 6) is -0.156. The minimum atomic E-state index is -0.517. The predicted octanol–water partition coefficient (Wildman–Crippen LogP) is 3.94. The zero-order valence-electron chi connectivity index (χ0n) is 11.2. The van der Waals surface area contributed by atoms with Crippen molar-refractivity contribution >= 4 is 34.9 Å². The predicted molar refractivity (Wildman–Crippen MR) is 83.0 cm³/mol. The first kappa shape index (κ1) is 15.5. The smallest absolute Gasteiger partial charge is 0.340 e. The van der Waals surface area contributed by atoms with Crippen LogP contribution in [0.3, 0.4) is 0 Å². The van der Waals surface area contributed by atoms with Gasteiger partial charge in [-0.25, -0.2) is 4.79 Å². The highest BCUT2D eigenvalue weighted by atomic mass is 35.5. The van der Waals surface area contributed by atoms with Crippen molar-refractivity contribution < 1.29 is 14.3 Å². The van der Waals surface area contributed by atoms with Crippen LogP contribution in [0.1, 0.15) is 15.9 Å². The summed E-state index contributed by atoms with van der Waals surface area (Å²) in [6.45, 7) is 0.0962. The molecule has 0 fully saturated rings. The summed E-state index contributed by atoms with van der Waals surface area (Å²) in [4.78, 5) is 11.8. The lowest BCUT2D eigenvalue weighted by atomic mass is 10.1. The third-order valence-electron chi connectivity index (χ3n) is 2.86. The van der Waals surface area contributed by atoms with E-state index in [4.69, 9.17) is 38.4 Å². The van der Waals surface area contributed by atoms with Crippen LogP contribution in [0.4, 0.5) is 5.69 Å². The van der Waals surface area contributed by atoms with Crippen molar-refractivity contribution in [1.29, 1.82) is 0 Å². The molecule has 0 heterocycles. The molecule has 2 N–H and O–H groups in total. The van der Waals surface area contributed by atoms with E-state index in [-0.39, 0.29) is 12.2 Å². The van der Waals surface area contributed by atoms with E-state index < -0.39 is 5.97 Å². The largest absolute Gasteiger partial charge is 0.486 e. The number of anilines is 1. The minimum absolute atomic E-state index is 0.0962. The maximum atomic E-state index is 11.8. The van der Waals surface area contributed by atoms with E-state index in [0.717, 1.165) is 0 Å². The molecular weight excluding hydrogens is 313 g/mol. The lowest BCUT2D eigenvalue weighted by Crippen LogP contribution is -2.11. The fourth-order valence-corrected chi connectivity index (χ4v) is 2.37. The van der Waals surface area contributed by atoms with E-state index in [9.17, 15) is 4.79 Å². The third-order valence-corrected chi connectivity index (χ3v) is 3.46. The molecule has 0 aliphatic rings. The molecule has 0 radical (unpaired) electrons. The topological polar surface area (TPSA) is 61.5 Å². The van der Waals surface area contributed by atoms with Crippen LogP contribution < -0.4 is 10.5 Å². The number of rotatable bonds is 4. The number of methoxy groups -OCH3 is 1. The quantitative estimate of drug-likeness (QED) is 0.683. The lowest BCUT2D eigenvalue weighted by molar-refractivity contribution is 0.0599. The van der Waals surface area contributed by atoms with Gasteiger partial charge in [0, 0.05) is 11.3 Å². The van der Waals surface area contributed by atoms with E-state index in [1.807, 2.05) is 0 Å². The molecule has 0 unspecified atom stereocenters. The Labute approximate surface area is 132 Å². The molecule has 0 spiro atoms. The highest BCUT2D eigenvalue weighted by Crippen LogP contribution is 2.33. The van der Waals surface area contributed by atoms with Gasteiger partial charge in [-0.2, -0.15) is 0 Å². The van der Waals surface area contributed by atoms with Crippen molar-refractivity contribution in [2.24, 2.45) is 0 Å². The summed E-state index contributed by atoms with van der Waals surface area (Å²) in [7, 11) is 1.30. The summed E-state index contributed by atoms with van der Waals surface area (Å²) < 4.78 is 10.3. The van der Waals surface area contributed by atoms with Crippen molar-refractivity contribution in [2.75, 3.05) is 12.8 Å². The van der Waals surface area contributed by atoms with Crippen molar-refractivity contribution in [3.8, 4) is 5.75 Å². The first-order valence-electron chi connectivity index (χ1n) is 6.07. The van der Waals surface area contributed by atoms with Gasteiger partial charge < -0.3 is 15.2 Å². The molecule has 0 atom stereocenters. The molecule has 4 nitrogen and oxygen atoms in total. The number of ether oxygens (including phenoxy) is 2. The van der Waals surface area contributed by atoms with Crippen LogP contribution >= 0.6 is 23.2 Å². The maximum absolute atomic E-state index is 11.8. The molecule has 6 heteroatoms. The Bertz CT molecular complexity index is 654. The van der Waals surface area contributed by atoms with Gasteiger partial charge in [-0.3, -0.25) is 0 Å². The van der Waals surface area contributed by atoms with Crippen LogP contribution in [0, 0.1) is 0 Å². The van der Waals surface area contributed by atoms with Crippen LogP contribution in [-0.4, -0.2) is 13.1 Å². The van der Waals surface area contributed by atoms with E-state index >= 15 is 0 Å². The second kappa shape index (κ2) is 6.70. The van der Waals surface area contributed by atoms with E-state index in [1.54, 1.807) is 36.4 Å². The lowest BCUT2D eigenvalue weighted by Gasteiger charge is -2.13. The summed E-state index contributed by atoms with van der Waals surface area (Å²) >= 11 is 12.1. The second-order valence-electron chi connectivity index (χ2n) is 4.21. The van der Waals surface area contributed by atoms with Crippen LogP contribution in [0.2, 0.25) is 10.0 Å². The fourth-order valence-electron chi connectivity index (χ4n) is 1.86. The number of halogens is 2. The van der Waals surface area contributed by atoms with Crippen molar-refractivity contribution in [2.45, 2.75) is 6.61 Å². The minimum Gasteiger partial charge on any atom is -0.486 e. The van der Waals surface area contributed by atoms with Crippen molar-refractivity contribution in [3.05, 3.63) is 57.6 Å². The number of hydrogen-bond acceptors (Lipinski definition) is 4. The number of esters is 1. The molecule has 2 aromatic rings. The molecule has 2 aromatic carbocycles. The molecule has 0 bridgehead atoms. The van der Waals surface area contributed by atoms with Gasteiger partial charge in [0.25, 0.3) is 0 Å². The number of benzene rings is 2. The van der Waals surface area contributed by atoms with Gasteiger partial charge in [0.05, 0.1) is 22.7 Å². The number of carbonyl (C=O) groups is 1. The molecule has 2 rings (SSSR count). The Morgan fingerprint density at radius 1 is 1.14 bits per heavy atom. The highest BCUT2D eigenvalue weighted by molar-refractivity contribution is 6.37. The maximum Gasteiger partial charge on any atom is 0.340 e. The first-order valence-corrected chi connectivity index (χ1v) is 6.82. The molecule has 0 amide bonds. The van der Waals surface area contributed by atoms with Crippen molar-refractivity contribution in [1.82, 2.24) is 0 Å². The summed E-state index contributed by atoms with van der Waals surface area (Å²) in [5, 5.41) is 0.789. The van der Waals surface area contributed by atoms with Gasteiger partial charge >= 0.3 is 5.97 Å². The fraction of sp³-hybridized carbons (Fsp3) is 0.133. The van der Waals surface area contributed by atoms with E-state index in [2.05, 4.69) is 0 Å². The first-order chi connectivity index (χ1) is 10.0. The third kappa shape index (κ3) is 3.40. The molecule has 0 saturated carbocycles. The molecule has 0 saturated heterocycles. The average molecular weight is 326 g/mol. The Hall–Kier alpha value is -1.91. The van der Waals surface area contributed by atoms with Gasteiger partial charge in [-0.15, -0.1) is 0 Å². The Kier molecular flexibility index (Phi) is 4.94. The second-order valence-corrected chi connectivity index (χ2v) is 5.03. The number of hydrogen-bond donors (Lipinski definition) is 1. The zero-order chi connectivity index (χ0) is 15.4. The van der Waals surface area contributed by atoms with Gasteiger partial charge in [0.1, 0.15) is 6.61 Å². The molecular formula is C15H13Cl2NO3. The van der Waals surface area contributed by atoms with Crippen molar-refractivity contribution in [3.63, 3.8) is 0 Å². The van der Waals surface area contributed by atoms with Gasteiger partial charge in [0.15, 0.2) is 5.75 Å². The molecule has 21 heavy (non-hydrogen) atoms. The molecule has 110 valence electrons. The van der Waals surface area contributed by atoms with E-state index in [1.165, 1.54) is 7.11 Å². The average Bonchev–Trinajstić information content (AvgIpc) is 2.46. The van der Waals surface area contributed by atoms with Gasteiger partial charge in [-0.1, -0.05) is 41.4 Å². The Balaban J connectivity index is 2.29. The van der Waals surface area contributed by atoms with Gasteiger partial charge in [0.2, 0.25) is 0 Å². The summed E-state index contributed by atoms with van der Waals surface area (Å²) in [6.07, 6.45) is 0. The SMILES string of the molecule is COC(=O)c1c(N)cccc1COc1c(Cl)cccc1Cl. The van der Waals surface area contributed by atoms with Crippen LogP contribution in [-0.2, 0) is 11.3 Å². The zero-order valence-corrected chi connectivity index (χ0v) is 12.7. The number of nitrogen functional groups attached to an aromatic ring is 1. The molecule has 0 aromatic heterocycles. The van der Waals surface area contributed by atoms with E-state index in [0.29, 0.717) is 27.0 Å². The van der Waals surface area contributed by atoms with Gasteiger partial charge in [-0.05, 0) is 18.2 Å². The van der Waals surface area contributed by atoms with Crippen LogP contribution in [0.25, 0.3) is 0 Å². The molecule has 0 aliphatic heterocycles. The normalized spacial score (nSPS) is 10.2. The monoisotopic (exact) mass is 325 g/mol. The Morgan fingerprint density at radius 2 is 1.76 bits per heavy atom. The highest BCUT2D eigenvalue weighted by Gasteiger charge is 2.16.